The summed E-state index contributed by atoms with van der Waals surface area (Å²) in [5, 5.41) is 26.5. The molecule has 0 aromatic rings. The van der Waals surface area contributed by atoms with Gasteiger partial charge in [-0.2, -0.15) is 4.42 Å². The Kier molecular flexibility index (Phi) is 6.81. The summed E-state index contributed by atoms with van der Waals surface area (Å²) >= 11 is 10.8. The molecule has 1 aliphatic heterocycles. The molecule has 9 nitrogen and oxygen atoms in total. The summed E-state index contributed by atoms with van der Waals surface area (Å²) < 4.78 is -0.0862. The number of urea groups is 1. The average Bonchev–Trinajstić information content (AvgIpc) is 2.54. The molecule has 2 N–H and O–H groups in total. The van der Waals surface area contributed by atoms with Crippen molar-refractivity contribution in [3.63, 3.8) is 0 Å². The second-order valence-corrected chi connectivity index (χ2v) is 6.72. The maximum absolute atomic E-state index is 11.1. The SMILES string of the molecule is CC1(C)C(=O)N(Cl)C(=O)N1Br.O=[N+]([O-])C(Br)(CO)CO. The molecule has 1 fully saturated rings. The first-order valence-corrected chi connectivity index (χ1v) is 6.85. The molecule has 1 heterocycles. The lowest BCUT2D eigenvalue weighted by Gasteiger charge is -2.19. The smallest absolute Gasteiger partial charge is 0.352 e. The van der Waals surface area contributed by atoms with Crippen LogP contribution in [-0.2, 0) is 4.79 Å². The van der Waals surface area contributed by atoms with Crippen molar-refractivity contribution in [3.8, 4) is 0 Å². The number of nitrogens with zero attached hydrogens (tertiary/aromatic N) is 3. The van der Waals surface area contributed by atoms with Gasteiger partial charge in [0.15, 0.2) is 0 Å². The van der Waals surface area contributed by atoms with Crippen LogP contribution in [0.5, 0.6) is 0 Å². The Morgan fingerprint density at radius 2 is 1.80 bits per heavy atom. The van der Waals surface area contributed by atoms with Gasteiger partial charge in [0.05, 0.1) is 16.1 Å². The van der Waals surface area contributed by atoms with E-state index >= 15 is 0 Å². The lowest BCUT2D eigenvalue weighted by Crippen LogP contribution is -2.39. The van der Waals surface area contributed by atoms with Gasteiger partial charge in [0, 0.05) is 32.6 Å². The van der Waals surface area contributed by atoms with Crippen LogP contribution in [0, 0.1) is 10.1 Å². The van der Waals surface area contributed by atoms with Gasteiger partial charge in [-0.1, -0.05) is 0 Å². The largest absolute Gasteiger partial charge is 0.388 e. The summed E-state index contributed by atoms with van der Waals surface area (Å²) in [4.78, 5) is 31.3. The first kappa shape index (κ1) is 19.5. The Labute approximate surface area is 136 Å². The van der Waals surface area contributed by atoms with E-state index in [2.05, 4.69) is 32.1 Å². The first-order chi connectivity index (χ1) is 8.95. The Balaban J connectivity index is 0.000000370. The molecular weight excluding hydrogens is 429 g/mol. The molecule has 0 atom stereocenters. The topological polar surface area (TPSA) is 124 Å². The zero-order valence-corrected chi connectivity index (χ0v) is 14.3. The Morgan fingerprint density at radius 1 is 1.40 bits per heavy atom. The molecule has 1 rings (SSSR count). The number of aliphatic hydroxyl groups is 2. The Hall–Kier alpha value is -0.490. The van der Waals surface area contributed by atoms with Crippen molar-refractivity contribution >= 4 is 55.8 Å². The number of imide groups is 1. The molecule has 0 aromatic heterocycles. The molecule has 0 radical (unpaired) electrons. The van der Waals surface area contributed by atoms with E-state index < -0.39 is 40.1 Å². The van der Waals surface area contributed by atoms with Crippen molar-refractivity contribution in [1.82, 2.24) is 8.34 Å². The molecule has 0 aromatic carbocycles. The highest BCUT2D eigenvalue weighted by atomic mass is 79.9. The van der Waals surface area contributed by atoms with Crippen LogP contribution in [0.25, 0.3) is 0 Å². The van der Waals surface area contributed by atoms with Crippen molar-refractivity contribution < 1.29 is 24.7 Å². The third-order valence-corrected chi connectivity index (χ3v) is 4.62. The Bertz CT molecular complexity index is 417. The van der Waals surface area contributed by atoms with Crippen molar-refractivity contribution in [2.75, 3.05) is 13.2 Å². The molecule has 1 saturated heterocycles. The summed E-state index contributed by atoms with van der Waals surface area (Å²) in [6, 6.07) is -0.554. The number of amides is 3. The molecule has 0 saturated carbocycles. The van der Waals surface area contributed by atoms with Gasteiger partial charge in [0.2, 0.25) is 0 Å². The van der Waals surface area contributed by atoms with Crippen molar-refractivity contribution in [2.24, 2.45) is 0 Å². The lowest BCUT2D eigenvalue weighted by atomic mass is 10.1. The number of rotatable bonds is 3. The zero-order valence-electron chi connectivity index (χ0n) is 10.4. The van der Waals surface area contributed by atoms with Crippen LogP contribution in [0.4, 0.5) is 4.79 Å². The number of carbonyl (C=O) groups is 2. The van der Waals surface area contributed by atoms with Crippen molar-refractivity contribution in [3.05, 3.63) is 10.1 Å². The standard InChI is InChI=1S/C5H6BrClN2O2.C3H6BrNO4/c1-5(2)3(10)8(7)4(11)9(5)6;4-3(1-6,2-7)5(8)9/h1-2H3;6-7H,1-2H2. The summed E-state index contributed by atoms with van der Waals surface area (Å²) in [6.07, 6.45) is 0. The fraction of sp³-hybridized carbons (Fsp3) is 0.750. The van der Waals surface area contributed by atoms with Crippen LogP contribution in [-0.4, -0.2) is 58.6 Å². The average molecular weight is 441 g/mol. The van der Waals surface area contributed by atoms with Crippen LogP contribution in [0.1, 0.15) is 13.8 Å². The lowest BCUT2D eigenvalue weighted by molar-refractivity contribution is -0.542. The molecule has 0 aliphatic carbocycles. The van der Waals surface area contributed by atoms with Gasteiger partial charge in [-0.15, -0.1) is 0 Å². The fourth-order valence-electron chi connectivity index (χ4n) is 0.893. The highest BCUT2D eigenvalue weighted by molar-refractivity contribution is 9.10. The minimum absolute atomic E-state index is 0.430. The maximum Gasteiger partial charge on any atom is 0.352 e. The van der Waals surface area contributed by atoms with Crippen LogP contribution >= 0.6 is 43.9 Å². The quantitative estimate of drug-likeness (QED) is 0.167. The molecule has 3 amide bonds. The number of alkyl halides is 1. The number of carbonyl (C=O) groups excluding carboxylic acids is 2. The predicted octanol–water partition coefficient (Wildman–Crippen LogP) is 0.832. The van der Waals surface area contributed by atoms with Gasteiger partial charge < -0.3 is 10.2 Å². The second-order valence-electron chi connectivity index (χ2n) is 4.20. The number of halogens is 3. The van der Waals surface area contributed by atoms with Gasteiger partial charge in [0.1, 0.15) is 18.8 Å². The fourth-order valence-corrected chi connectivity index (χ4v) is 1.58. The molecular formula is C8H12Br2ClN3O6. The molecule has 20 heavy (non-hydrogen) atoms. The summed E-state index contributed by atoms with van der Waals surface area (Å²) in [7, 11) is 0. The van der Waals surface area contributed by atoms with E-state index in [4.69, 9.17) is 22.0 Å². The molecule has 0 bridgehead atoms. The van der Waals surface area contributed by atoms with Crippen LogP contribution in [0.15, 0.2) is 0 Å². The van der Waals surface area contributed by atoms with Gasteiger partial charge in [-0.25, -0.2) is 8.72 Å². The Morgan fingerprint density at radius 3 is 1.85 bits per heavy atom. The number of nitro groups is 1. The van der Waals surface area contributed by atoms with E-state index in [0.29, 0.717) is 4.42 Å². The third kappa shape index (κ3) is 3.79. The van der Waals surface area contributed by atoms with Crippen molar-refractivity contribution in [1.29, 1.82) is 0 Å². The molecule has 116 valence electrons. The van der Waals surface area contributed by atoms with Gasteiger partial charge >= 0.3 is 10.5 Å². The minimum atomic E-state index is -1.77. The van der Waals surface area contributed by atoms with Crippen LogP contribution in [0.2, 0.25) is 0 Å². The van der Waals surface area contributed by atoms with E-state index in [1.165, 1.54) is 0 Å². The summed E-state index contributed by atoms with van der Waals surface area (Å²) in [5.41, 5.74) is -0.890. The molecule has 12 heteroatoms. The highest BCUT2D eigenvalue weighted by Crippen LogP contribution is 2.31. The minimum Gasteiger partial charge on any atom is -0.388 e. The summed E-state index contributed by atoms with van der Waals surface area (Å²) in [6.45, 7) is 1.75. The third-order valence-electron chi connectivity index (χ3n) is 2.34. The molecule has 1 aliphatic rings. The van der Waals surface area contributed by atoms with Gasteiger partial charge in [0.25, 0.3) is 5.91 Å². The van der Waals surface area contributed by atoms with E-state index in [0.717, 1.165) is 3.93 Å². The first-order valence-electron chi connectivity index (χ1n) is 5.01. The van der Waals surface area contributed by atoms with E-state index in [-0.39, 0.29) is 0 Å². The predicted molar refractivity (Wildman–Crippen MR) is 75.8 cm³/mol. The van der Waals surface area contributed by atoms with E-state index in [1.54, 1.807) is 13.8 Å². The number of hydrogen-bond acceptors (Lipinski definition) is 6. The van der Waals surface area contributed by atoms with Gasteiger partial charge in [-0.05, 0) is 13.8 Å². The van der Waals surface area contributed by atoms with Gasteiger partial charge in [-0.3, -0.25) is 14.9 Å². The maximum atomic E-state index is 11.1. The number of aliphatic hydroxyl groups excluding tert-OH is 2. The summed E-state index contributed by atoms with van der Waals surface area (Å²) in [5.74, 6) is -0.430. The number of hydrogen-bond donors (Lipinski definition) is 2. The van der Waals surface area contributed by atoms with Crippen LogP contribution in [0.3, 0.4) is 0 Å². The second kappa shape index (κ2) is 6.98. The van der Waals surface area contributed by atoms with Crippen molar-refractivity contribution in [2.45, 2.75) is 23.8 Å². The normalized spacial score (nSPS) is 17.9. The zero-order chi connectivity index (χ0) is 16.3. The monoisotopic (exact) mass is 439 g/mol. The molecule has 0 spiro atoms. The molecule has 0 unspecified atom stereocenters. The van der Waals surface area contributed by atoms with E-state index in [1.807, 2.05) is 0 Å². The highest BCUT2D eigenvalue weighted by Gasteiger charge is 2.50. The van der Waals surface area contributed by atoms with E-state index in [9.17, 15) is 19.7 Å². The van der Waals surface area contributed by atoms with Crippen LogP contribution < -0.4 is 0 Å².